The molecular formula is C59H94O6. The van der Waals surface area contributed by atoms with Crippen LogP contribution in [0.25, 0.3) is 0 Å². The van der Waals surface area contributed by atoms with E-state index in [1.165, 1.54) is 25.7 Å². The Morgan fingerprint density at radius 3 is 1.00 bits per heavy atom. The number of hydrogen-bond donors (Lipinski definition) is 0. The predicted molar refractivity (Wildman–Crippen MR) is 279 cm³/mol. The summed E-state index contributed by atoms with van der Waals surface area (Å²) in [7, 11) is 0. The predicted octanol–water partition coefficient (Wildman–Crippen LogP) is 17.3. The summed E-state index contributed by atoms with van der Waals surface area (Å²) in [6.45, 7) is 6.26. The van der Waals surface area contributed by atoms with E-state index < -0.39 is 6.10 Å². The molecule has 0 saturated carbocycles. The lowest BCUT2D eigenvalue weighted by Crippen LogP contribution is -2.30. The topological polar surface area (TPSA) is 78.9 Å². The highest BCUT2D eigenvalue weighted by Gasteiger charge is 2.19. The second-order valence-electron chi connectivity index (χ2n) is 16.7. The molecule has 0 heterocycles. The molecule has 0 aliphatic carbocycles. The Bertz CT molecular complexity index is 1400. The molecule has 65 heavy (non-hydrogen) atoms. The number of carbonyl (C=O) groups is 3. The first-order chi connectivity index (χ1) is 32.0. The number of ether oxygens (including phenoxy) is 3. The monoisotopic (exact) mass is 899 g/mol. The van der Waals surface area contributed by atoms with Gasteiger partial charge in [-0.05, 0) is 116 Å². The fraction of sp³-hybridized carbons (Fsp3) is 0.610. The maximum absolute atomic E-state index is 12.8. The number of hydrogen-bond acceptors (Lipinski definition) is 6. The van der Waals surface area contributed by atoms with Gasteiger partial charge in [0.15, 0.2) is 6.10 Å². The van der Waals surface area contributed by atoms with Crippen molar-refractivity contribution < 1.29 is 28.6 Å². The molecule has 0 aliphatic rings. The molecule has 0 saturated heterocycles. The molecule has 0 rings (SSSR count). The van der Waals surface area contributed by atoms with Gasteiger partial charge in [-0.1, -0.05) is 200 Å². The van der Waals surface area contributed by atoms with E-state index in [2.05, 4.69) is 142 Å². The minimum atomic E-state index is -0.815. The summed E-state index contributed by atoms with van der Waals surface area (Å²) in [5.41, 5.74) is 0. The highest BCUT2D eigenvalue weighted by molar-refractivity contribution is 5.71. The van der Waals surface area contributed by atoms with Gasteiger partial charge in [0.05, 0.1) is 0 Å². The molecule has 0 aromatic heterocycles. The van der Waals surface area contributed by atoms with Gasteiger partial charge in [0.2, 0.25) is 0 Å². The average molecular weight is 899 g/mol. The van der Waals surface area contributed by atoms with Crippen LogP contribution in [-0.2, 0) is 28.6 Å². The molecule has 366 valence electrons. The van der Waals surface area contributed by atoms with Crippen LogP contribution in [0.1, 0.15) is 213 Å². The molecular weight excluding hydrogens is 805 g/mol. The number of esters is 3. The minimum absolute atomic E-state index is 0.111. The Hall–Kier alpha value is -4.19. The van der Waals surface area contributed by atoms with E-state index in [9.17, 15) is 14.4 Å². The zero-order chi connectivity index (χ0) is 47.2. The van der Waals surface area contributed by atoms with Crippen LogP contribution in [0.4, 0.5) is 0 Å². The summed E-state index contributed by atoms with van der Waals surface area (Å²) in [5.74, 6) is -1.00. The SMILES string of the molecule is CC/C=C\C/C=C\C/C=C\C/C=C\C/C=C\CCCC(=O)OCC(COC(=O)CCCCCCC/C=C\C/C=C\CCC)OC(=O)CCCCCCCCC/C=C\C/C=C\C/C=C\CC. The lowest BCUT2D eigenvalue weighted by atomic mass is 10.1. The van der Waals surface area contributed by atoms with Crippen molar-refractivity contribution in [3.63, 3.8) is 0 Å². The Labute approximate surface area is 399 Å². The smallest absolute Gasteiger partial charge is 0.306 e. The lowest BCUT2D eigenvalue weighted by Gasteiger charge is -2.18. The van der Waals surface area contributed by atoms with Crippen LogP contribution in [0, 0.1) is 0 Å². The molecule has 0 N–H and O–H groups in total. The molecule has 0 aliphatic heterocycles. The lowest BCUT2D eigenvalue weighted by molar-refractivity contribution is -0.167. The van der Waals surface area contributed by atoms with Crippen LogP contribution >= 0.6 is 0 Å². The van der Waals surface area contributed by atoms with Gasteiger partial charge in [-0.3, -0.25) is 14.4 Å². The van der Waals surface area contributed by atoms with Gasteiger partial charge in [0, 0.05) is 19.3 Å². The quantitative estimate of drug-likeness (QED) is 0.0262. The van der Waals surface area contributed by atoms with Gasteiger partial charge >= 0.3 is 17.9 Å². The van der Waals surface area contributed by atoms with E-state index >= 15 is 0 Å². The first-order valence-electron chi connectivity index (χ1n) is 26.0. The fourth-order valence-corrected chi connectivity index (χ4v) is 6.59. The molecule has 6 heteroatoms. The number of carbonyl (C=O) groups excluding carboxylic acids is 3. The number of allylic oxidation sites excluding steroid dienone is 20. The van der Waals surface area contributed by atoms with Crippen LogP contribution in [0.5, 0.6) is 0 Å². The number of rotatable bonds is 45. The van der Waals surface area contributed by atoms with Crippen molar-refractivity contribution in [2.75, 3.05) is 13.2 Å². The minimum Gasteiger partial charge on any atom is -0.462 e. The van der Waals surface area contributed by atoms with E-state index in [0.29, 0.717) is 19.3 Å². The molecule has 0 aromatic rings. The fourth-order valence-electron chi connectivity index (χ4n) is 6.59. The van der Waals surface area contributed by atoms with Crippen molar-refractivity contribution in [3.8, 4) is 0 Å². The first kappa shape index (κ1) is 60.8. The van der Waals surface area contributed by atoms with Gasteiger partial charge in [-0.2, -0.15) is 0 Å². The van der Waals surface area contributed by atoms with Crippen molar-refractivity contribution >= 4 is 17.9 Å². The molecule has 1 atom stereocenters. The average Bonchev–Trinajstić information content (AvgIpc) is 3.30. The van der Waals surface area contributed by atoms with Gasteiger partial charge in [0.1, 0.15) is 13.2 Å². The molecule has 0 fully saturated rings. The van der Waals surface area contributed by atoms with Gasteiger partial charge < -0.3 is 14.2 Å². The maximum atomic E-state index is 12.8. The Kier molecular flexibility index (Phi) is 49.1. The normalized spacial score (nSPS) is 13.1. The Morgan fingerprint density at radius 2 is 0.615 bits per heavy atom. The van der Waals surface area contributed by atoms with Gasteiger partial charge in [-0.15, -0.1) is 0 Å². The number of unbranched alkanes of at least 4 members (excludes halogenated alkanes) is 14. The molecule has 1 unspecified atom stereocenters. The molecule has 6 nitrogen and oxygen atoms in total. The molecule has 0 radical (unpaired) electrons. The van der Waals surface area contributed by atoms with Crippen LogP contribution in [-0.4, -0.2) is 37.2 Å². The zero-order valence-electron chi connectivity index (χ0n) is 41.7. The van der Waals surface area contributed by atoms with Crippen LogP contribution in [0.2, 0.25) is 0 Å². The van der Waals surface area contributed by atoms with Crippen LogP contribution < -0.4 is 0 Å². The van der Waals surface area contributed by atoms with E-state index in [4.69, 9.17) is 14.2 Å². The highest BCUT2D eigenvalue weighted by Crippen LogP contribution is 2.13. The summed E-state index contributed by atoms with van der Waals surface area (Å²) < 4.78 is 16.7. The summed E-state index contributed by atoms with van der Waals surface area (Å²) in [6, 6.07) is 0. The van der Waals surface area contributed by atoms with E-state index in [1.807, 2.05) is 0 Å². The molecule has 0 aromatic carbocycles. The van der Waals surface area contributed by atoms with Crippen LogP contribution in [0.15, 0.2) is 122 Å². The zero-order valence-corrected chi connectivity index (χ0v) is 41.7. The van der Waals surface area contributed by atoms with Crippen molar-refractivity contribution in [1.29, 1.82) is 0 Å². The summed E-state index contributed by atoms with van der Waals surface area (Å²) in [5, 5.41) is 0. The van der Waals surface area contributed by atoms with E-state index in [-0.39, 0.29) is 37.5 Å². The second kappa shape index (κ2) is 52.4. The molecule has 0 amide bonds. The third kappa shape index (κ3) is 50.7. The van der Waals surface area contributed by atoms with Crippen molar-refractivity contribution in [3.05, 3.63) is 122 Å². The van der Waals surface area contributed by atoms with Crippen molar-refractivity contribution in [2.45, 2.75) is 219 Å². The van der Waals surface area contributed by atoms with Crippen LogP contribution in [0.3, 0.4) is 0 Å². The van der Waals surface area contributed by atoms with E-state index in [0.717, 1.165) is 141 Å². The van der Waals surface area contributed by atoms with Crippen molar-refractivity contribution in [1.82, 2.24) is 0 Å². The third-order valence-corrected chi connectivity index (χ3v) is 10.4. The summed E-state index contributed by atoms with van der Waals surface area (Å²) in [4.78, 5) is 38.0. The highest BCUT2D eigenvalue weighted by atomic mass is 16.6. The largest absolute Gasteiger partial charge is 0.462 e. The Morgan fingerprint density at radius 1 is 0.323 bits per heavy atom. The summed E-state index contributed by atoms with van der Waals surface area (Å²) in [6.07, 6.45) is 71.8. The standard InChI is InChI=1S/C59H94O6/c1-4-7-10-13-16-19-22-25-27-29-31-34-37-40-43-46-49-52-58(61)64-55-56(54-63-57(60)51-48-45-42-39-36-33-24-21-18-15-12-9-6-3)65-59(62)53-50-47-44-41-38-35-32-30-28-26-23-20-17-14-11-8-5-2/h7-8,10-12,15-17,19-21,24-28,31,34,40,43,56H,4-6,9,13-14,18,22-23,29-30,32-33,35-39,41-42,44-55H2,1-3H3/b10-7-,11-8-,15-12-,19-16-,20-17-,24-21-,27-25-,28-26-,34-31-,43-40-. The van der Waals surface area contributed by atoms with Crippen molar-refractivity contribution in [2.24, 2.45) is 0 Å². The van der Waals surface area contributed by atoms with Gasteiger partial charge in [-0.25, -0.2) is 0 Å². The van der Waals surface area contributed by atoms with Gasteiger partial charge in [0.25, 0.3) is 0 Å². The Balaban J connectivity index is 4.53. The molecule has 0 spiro atoms. The molecule has 0 bridgehead atoms. The summed E-state index contributed by atoms with van der Waals surface area (Å²) >= 11 is 0. The second-order valence-corrected chi connectivity index (χ2v) is 16.7. The third-order valence-electron chi connectivity index (χ3n) is 10.4. The first-order valence-corrected chi connectivity index (χ1v) is 26.0. The van der Waals surface area contributed by atoms with E-state index in [1.54, 1.807) is 0 Å². The maximum Gasteiger partial charge on any atom is 0.306 e.